The second-order valence-electron chi connectivity index (χ2n) is 10.8. The lowest BCUT2D eigenvalue weighted by Gasteiger charge is -2.43. The SMILES string of the molecule is Cc1cc([C@@H](C)Nc2c(Cl)ccnc2C(=O)O)c2nc(N3C4CCC3CN(c3ccc(C#N)cc3)C4)c(C#N)nc2c1. The van der Waals surface area contributed by atoms with E-state index in [1.165, 1.54) is 6.20 Å². The van der Waals surface area contributed by atoms with Crippen molar-refractivity contribution < 1.29 is 9.90 Å². The third-order valence-corrected chi connectivity index (χ3v) is 8.36. The van der Waals surface area contributed by atoms with Crippen molar-refractivity contribution in [2.45, 2.75) is 44.8 Å². The average molecular weight is 579 g/mol. The van der Waals surface area contributed by atoms with Crippen molar-refractivity contribution in [1.82, 2.24) is 15.0 Å². The molecule has 0 amide bonds. The first-order chi connectivity index (χ1) is 20.3. The van der Waals surface area contributed by atoms with Crippen LogP contribution < -0.4 is 15.1 Å². The normalized spacial score (nSPS) is 18.4. The summed E-state index contributed by atoms with van der Waals surface area (Å²) in [4.78, 5) is 30.3. The summed E-state index contributed by atoms with van der Waals surface area (Å²) < 4.78 is 0. The molecule has 4 heterocycles. The number of nitriles is 2. The molecule has 6 rings (SSSR count). The molecule has 42 heavy (non-hydrogen) atoms. The first-order valence-corrected chi connectivity index (χ1v) is 14.0. The van der Waals surface area contributed by atoms with Crippen molar-refractivity contribution in [2.75, 3.05) is 28.2 Å². The van der Waals surface area contributed by atoms with Gasteiger partial charge in [0, 0.05) is 42.6 Å². The first kappa shape index (κ1) is 27.3. The van der Waals surface area contributed by atoms with Gasteiger partial charge in [-0.2, -0.15) is 10.5 Å². The zero-order chi connectivity index (χ0) is 29.5. The van der Waals surface area contributed by atoms with Gasteiger partial charge in [0.25, 0.3) is 0 Å². The van der Waals surface area contributed by atoms with Crippen molar-refractivity contribution >= 4 is 45.8 Å². The van der Waals surface area contributed by atoms with Crippen LogP contribution >= 0.6 is 11.6 Å². The number of pyridine rings is 1. The van der Waals surface area contributed by atoms with E-state index in [-0.39, 0.29) is 34.2 Å². The number of aryl methyl sites for hydroxylation is 1. The molecule has 2 aliphatic rings. The Morgan fingerprint density at radius 3 is 2.45 bits per heavy atom. The van der Waals surface area contributed by atoms with Crippen LogP contribution in [0.2, 0.25) is 5.02 Å². The fourth-order valence-electron chi connectivity index (χ4n) is 6.15. The molecule has 3 atom stereocenters. The van der Waals surface area contributed by atoms with Crippen LogP contribution in [-0.4, -0.2) is 51.2 Å². The van der Waals surface area contributed by atoms with Gasteiger partial charge in [-0.25, -0.2) is 19.7 Å². The summed E-state index contributed by atoms with van der Waals surface area (Å²) in [7, 11) is 0. The number of piperazine rings is 1. The predicted octanol–water partition coefficient (Wildman–Crippen LogP) is 5.46. The molecule has 2 N–H and O–H groups in total. The highest BCUT2D eigenvalue weighted by Crippen LogP contribution is 2.39. The topological polar surface area (TPSA) is 142 Å². The number of carboxylic acids is 1. The standard InChI is InChI=1S/C31H27ClN8O2/c1-17-11-23(18(2)36-28-24(32)9-10-35-29(28)31(41)42)27-25(12-17)37-26(14-34)30(38-27)40-21-7-8-22(40)16-39(15-21)20-5-3-19(13-33)4-6-20/h3-6,9-12,18,21-22,36H,7-8,15-16H2,1-2H3,(H,41,42)/t18-,21?,22?/m1/s1. The summed E-state index contributed by atoms with van der Waals surface area (Å²) in [5.41, 5.74) is 5.03. The van der Waals surface area contributed by atoms with Crippen molar-refractivity contribution in [1.29, 1.82) is 10.5 Å². The summed E-state index contributed by atoms with van der Waals surface area (Å²) >= 11 is 6.38. The van der Waals surface area contributed by atoms with Gasteiger partial charge in [-0.05, 0) is 68.7 Å². The Bertz CT molecular complexity index is 1780. The monoisotopic (exact) mass is 578 g/mol. The Morgan fingerprint density at radius 2 is 1.81 bits per heavy atom. The highest BCUT2D eigenvalue weighted by atomic mass is 35.5. The summed E-state index contributed by atoms with van der Waals surface area (Å²) in [6.07, 6.45) is 3.30. The van der Waals surface area contributed by atoms with Crippen LogP contribution in [0.5, 0.6) is 0 Å². The summed E-state index contributed by atoms with van der Waals surface area (Å²) in [5.74, 6) is -0.613. The highest BCUT2D eigenvalue weighted by Gasteiger charge is 2.42. The van der Waals surface area contributed by atoms with Gasteiger partial charge < -0.3 is 20.2 Å². The summed E-state index contributed by atoms with van der Waals surface area (Å²) in [6, 6.07) is 17.4. The second kappa shape index (κ2) is 10.8. The number of aromatic nitrogens is 3. The Balaban J connectivity index is 1.37. The third kappa shape index (κ3) is 4.80. The molecule has 11 heteroatoms. The van der Waals surface area contributed by atoms with Crippen LogP contribution in [0.1, 0.15) is 58.7 Å². The Labute approximate surface area is 247 Å². The van der Waals surface area contributed by atoms with E-state index in [2.05, 4.69) is 32.2 Å². The molecule has 0 spiro atoms. The van der Waals surface area contributed by atoms with Gasteiger partial charge >= 0.3 is 5.97 Å². The van der Waals surface area contributed by atoms with Crippen LogP contribution in [-0.2, 0) is 0 Å². The largest absolute Gasteiger partial charge is 0.476 e. The fourth-order valence-corrected chi connectivity index (χ4v) is 6.35. The van der Waals surface area contributed by atoms with E-state index in [9.17, 15) is 15.2 Å². The maximum absolute atomic E-state index is 11.8. The summed E-state index contributed by atoms with van der Waals surface area (Å²) in [5, 5.41) is 32.4. The van der Waals surface area contributed by atoms with E-state index in [4.69, 9.17) is 26.8 Å². The smallest absolute Gasteiger partial charge is 0.356 e. The van der Waals surface area contributed by atoms with Crippen LogP contribution in [0, 0.1) is 29.6 Å². The molecular formula is C31H27ClN8O2. The molecule has 0 radical (unpaired) electrons. The van der Waals surface area contributed by atoms with Gasteiger partial charge in [0.2, 0.25) is 0 Å². The van der Waals surface area contributed by atoms with E-state index < -0.39 is 12.0 Å². The van der Waals surface area contributed by atoms with E-state index in [1.807, 2.05) is 50.2 Å². The molecular weight excluding hydrogens is 552 g/mol. The number of benzene rings is 2. The molecule has 2 fully saturated rings. The number of anilines is 3. The second-order valence-corrected chi connectivity index (χ2v) is 11.2. The van der Waals surface area contributed by atoms with Crippen molar-refractivity contribution in [2.24, 2.45) is 0 Å². The number of carboxylic acid groups (broad SMARTS) is 1. The molecule has 10 nitrogen and oxygen atoms in total. The van der Waals surface area contributed by atoms with Crippen molar-refractivity contribution in [3.05, 3.63) is 81.8 Å². The number of aromatic carboxylic acids is 1. The molecule has 2 aromatic carbocycles. The number of halogens is 1. The number of hydrogen-bond acceptors (Lipinski definition) is 9. The van der Waals surface area contributed by atoms with Crippen LogP contribution in [0.25, 0.3) is 11.0 Å². The van der Waals surface area contributed by atoms with Gasteiger partial charge in [0.05, 0.1) is 39.4 Å². The number of nitrogens with zero attached hydrogens (tertiary/aromatic N) is 7. The molecule has 2 aliphatic heterocycles. The molecule has 2 unspecified atom stereocenters. The molecule has 2 saturated heterocycles. The zero-order valence-corrected chi connectivity index (χ0v) is 23.8. The highest BCUT2D eigenvalue weighted by molar-refractivity contribution is 6.33. The maximum Gasteiger partial charge on any atom is 0.356 e. The number of hydrogen-bond donors (Lipinski definition) is 2. The Kier molecular flexibility index (Phi) is 7.01. The predicted molar refractivity (Wildman–Crippen MR) is 160 cm³/mol. The van der Waals surface area contributed by atoms with Crippen LogP contribution in [0.4, 0.5) is 17.2 Å². The molecule has 210 valence electrons. The van der Waals surface area contributed by atoms with E-state index >= 15 is 0 Å². The van der Waals surface area contributed by atoms with Gasteiger partial charge in [-0.1, -0.05) is 17.7 Å². The molecule has 0 aliphatic carbocycles. The quantitative estimate of drug-likeness (QED) is 0.303. The van der Waals surface area contributed by atoms with Crippen molar-refractivity contribution in [3.63, 3.8) is 0 Å². The lowest BCUT2D eigenvalue weighted by Crippen LogP contribution is -2.54. The van der Waals surface area contributed by atoms with Gasteiger partial charge in [0.15, 0.2) is 17.2 Å². The molecule has 0 saturated carbocycles. The lowest BCUT2D eigenvalue weighted by atomic mass is 10.0. The van der Waals surface area contributed by atoms with Crippen LogP contribution in [0.15, 0.2) is 48.7 Å². The molecule has 4 aromatic rings. The Morgan fingerprint density at radius 1 is 1.10 bits per heavy atom. The van der Waals surface area contributed by atoms with Gasteiger partial charge in [-0.15, -0.1) is 0 Å². The number of rotatable bonds is 6. The van der Waals surface area contributed by atoms with Gasteiger partial charge in [-0.3, -0.25) is 0 Å². The molecule has 2 aromatic heterocycles. The molecule has 2 bridgehead atoms. The number of carbonyl (C=O) groups is 1. The lowest BCUT2D eigenvalue weighted by molar-refractivity contribution is 0.0691. The minimum absolute atomic E-state index is 0.148. The Hall–Kier alpha value is -4.93. The van der Waals surface area contributed by atoms with Crippen molar-refractivity contribution in [3.8, 4) is 12.1 Å². The fraction of sp³-hybridized carbons (Fsp3) is 0.290. The van der Waals surface area contributed by atoms with E-state index in [0.717, 1.165) is 42.7 Å². The minimum Gasteiger partial charge on any atom is -0.476 e. The average Bonchev–Trinajstić information content (AvgIpc) is 3.24. The van der Waals surface area contributed by atoms with E-state index in [1.54, 1.807) is 6.07 Å². The first-order valence-electron chi connectivity index (χ1n) is 13.7. The third-order valence-electron chi connectivity index (χ3n) is 8.05. The van der Waals surface area contributed by atoms with Crippen LogP contribution in [0.3, 0.4) is 0 Å². The minimum atomic E-state index is -1.18. The number of fused-ring (bicyclic) bond motifs is 3. The number of nitrogens with one attached hydrogen (secondary N) is 1. The summed E-state index contributed by atoms with van der Waals surface area (Å²) in [6.45, 7) is 5.38. The zero-order valence-electron chi connectivity index (χ0n) is 23.0. The van der Waals surface area contributed by atoms with Gasteiger partial charge in [0.1, 0.15) is 6.07 Å². The van der Waals surface area contributed by atoms with E-state index in [0.29, 0.717) is 22.4 Å². The maximum atomic E-state index is 11.8.